The lowest BCUT2D eigenvalue weighted by Crippen LogP contribution is -2.26. The maximum absolute atomic E-state index is 11.6. The minimum atomic E-state index is -3.40. The first kappa shape index (κ1) is 14.6. The van der Waals surface area contributed by atoms with Crippen molar-refractivity contribution < 1.29 is 18.4 Å². The van der Waals surface area contributed by atoms with E-state index in [4.69, 9.17) is 0 Å². The van der Waals surface area contributed by atoms with Crippen LogP contribution in [-0.4, -0.2) is 29.5 Å². The van der Waals surface area contributed by atoms with Crippen LogP contribution in [0.1, 0.15) is 25.5 Å². The highest BCUT2D eigenvalue weighted by Gasteiger charge is 2.28. The topological polar surface area (TPSA) is 97.5 Å². The molecule has 1 aromatic carbocycles. The maximum atomic E-state index is 11.6. The Balaban J connectivity index is 3.08. The van der Waals surface area contributed by atoms with Gasteiger partial charge in [0.05, 0.1) is 16.3 Å². The van der Waals surface area contributed by atoms with E-state index in [2.05, 4.69) is 0 Å². The van der Waals surface area contributed by atoms with E-state index in [0.717, 1.165) is 0 Å². The van der Waals surface area contributed by atoms with Crippen molar-refractivity contribution in [2.24, 2.45) is 0 Å². The number of rotatable bonds is 5. The van der Waals surface area contributed by atoms with E-state index in [0.29, 0.717) is 0 Å². The first-order valence-corrected chi connectivity index (χ1v) is 7.15. The number of nitro groups is 1. The van der Waals surface area contributed by atoms with Crippen molar-refractivity contribution >= 4 is 15.5 Å². The highest BCUT2D eigenvalue weighted by molar-refractivity contribution is 7.92. The van der Waals surface area contributed by atoms with Gasteiger partial charge in [-0.15, -0.1) is 0 Å². The standard InChI is InChI=1S/C11H15NO5S/c1-3-18(16,17)8(2)11(13)9-5-4-6-10(7-9)12(14)15/h4-8,11,13H,3H2,1-2H3/t8-,11+/m0/s1. The fourth-order valence-corrected chi connectivity index (χ4v) is 2.63. The summed E-state index contributed by atoms with van der Waals surface area (Å²) < 4.78 is 23.3. The Bertz CT molecular complexity index is 540. The molecule has 100 valence electrons. The van der Waals surface area contributed by atoms with Gasteiger partial charge in [0.15, 0.2) is 9.84 Å². The molecule has 0 radical (unpaired) electrons. The molecule has 0 aromatic heterocycles. The number of benzene rings is 1. The minimum Gasteiger partial charge on any atom is -0.387 e. The van der Waals surface area contributed by atoms with E-state index in [1.807, 2.05) is 0 Å². The molecule has 0 aliphatic rings. The first-order chi connectivity index (χ1) is 8.29. The van der Waals surface area contributed by atoms with Gasteiger partial charge in [0.25, 0.3) is 5.69 Å². The van der Waals surface area contributed by atoms with Gasteiger partial charge in [-0.25, -0.2) is 8.42 Å². The summed E-state index contributed by atoms with van der Waals surface area (Å²) in [5.41, 5.74) is 0.0568. The Kier molecular flexibility index (Phi) is 4.42. The molecule has 0 spiro atoms. The second-order valence-corrected chi connectivity index (χ2v) is 6.60. The molecular formula is C11H15NO5S. The molecular weight excluding hydrogens is 258 g/mol. The van der Waals surface area contributed by atoms with Crippen LogP contribution in [0, 0.1) is 10.1 Å². The van der Waals surface area contributed by atoms with Crippen molar-refractivity contribution in [3.8, 4) is 0 Å². The number of aliphatic hydroxyl groups excluding tert-OH is 1. The Hall–Kier alpha value is -1.47. The second kappa shape index (κ2) is 5.45. The van der Waals surface area contributed by atoms with Crippen molar-refractivity contribution in [1.82, 2.24) is 0 Å². The number of nitro benzene ring substituents is 1. The van der Waals surface area contributed by atoms with Crippen LogP contribution in [0.25, 0.3) is 0 Å². The first-order valence-electron chi connectivity index (χ1n) is 5.43. The molecule has 0 unspecified atom stereocenters. The Morgan fingerprint density at radius 3 is 2.56 bits per heavy atom. The van der Waals surface area contributed by atoms with Crippen LogP contribution in [0.4, 0.5) is 5.69 Å². The Labute approximate surface area is 105 Å². The molecule has 0 amide bonds. The van der Waals surface area contributed by atoms with Crippen molar-refractivity contribution in [3.05, 3.63) is 39.9 Å². The Morgan fingerprint density at radius 1 is 1.44 bits per heavy atom. The van der Waals surface area contributed by atoms with Crippen LogP contribution in [0.5, 0.6) is 0 Å². The molecule has 0 saturated heterocycles. The van der Waals surface area contributed by atoms with Crippen LogP contribution >= 0.6 is 0 Å². The van der Waals surface area contributed by atoms with Gasteiger partial charge in [-0.1, -0.05) is 19.1 Å². The lowest BCUT2D eigenvalue weighted by molar-refractivity contribution is -0.385. The lowest BCUT2D eigenvalue weighted by Gasteiger charge is -2.18. The van der Waals surface area contributed by atoms with E-state index < -0.39 is 26.1 Å². The number of hydrogen-bond acceptors (Lipinski definition) is 5. The highest BCUT2D eigenvalue weighted by atomic mass is 32.2. The summed E-state index contributed by atoms with van der Waals surface area (Å²) in [5.74, 6) is -0.0832. The summed E-state index contributed by atoms with van der Waals surface area (Å²) in [6, 6.07) is 5.36. The molecule has 6 nitrogen and oxygen atoms in total. The van der Waals surface area contributed by atoms with Gasteiger partial charge in [0.2, 0.25) is 0 Å². The minimum absolute atomic E-state index is 0.0832. The zero-order chi connectivity index (χ0) is 13.9. The molecule has 0 fully saturated rings. The zero-order valence-electron chi connectivity index (χ0n) is 10.1. The van der Waals surface area contributed by atoms with E-state index >= 15 is 0 Å². The summed E-state index contributed by atoms with van der Waals surface area (Å²) in [4.78, 5) is 10.0. The van der Waals surface area contributed by atoms with Gasteiger partial charge >= 0.3 is 0 Å². The van der Waals surface area contributed by atoms with Crippen molar-refractivity contribution in [2.45, 2.75) is 25.2 Å². The number of aliphatic hydroxyl groups is 1. The fourth-order valence-electron chi connectivity index (χ4n) is 1.55. The van der Waals surface area contributed by atoms with Gasteiger partial charge in [-0.2, -0.15) is 0 Å². The van der Waals surface area contributed by atoms with Crippen molar-refractivity contribution in [3.63, 3.8) is 0 Å². The number of sulfone groups is 1. The van der Waals surface area contributed by atoms with E-state index in [9.17, 15) is 23.6 Å². The van der Waals surface area contributed by atoms with Crippen LogP contribution in [0.2, 0.25) is 0 Å². The molecule has 0 bridgehead atoms. The molecule has 1 N–H and O–H groups in total. The highest BCUT2D eigenvalue weighted by Crippen LogP contribution is 2.25. The molecule has 2 atom stereocenters. The average Bonchev–Trinajstić information content (AvgIpc) is 2.37. The second-order valence-electron chi connectivity index (χ2n) is 3.95. The van der Waals surface area contributed by atoms with Gasteiger partial charge in [-0.3, -0.25) is 10.1 Å². The summed E-state index contributed by atoms with van der Waals surface area (Å²) in [6.45, 7) is 2.88. The third-order valence-corrected chi connectivity index (χ3v) is 5.03. The quantitative estimate of drug-likeness (QED) is 0.646. The summed E-state index contributed by atoms with van der Waals surface area (Å²) in [6.07, 6.45) is -1.27. The van der Waals surface area contributed by atoms with Crippen LogP contribution in [-0.2, 0) is 9.84 Å². The van der Waals surface area contributed by atoms with Crippen LogP contribution in [0.3, 0.4) is 0 Å². The van der Waals surface area contributed by atoms with E-state index in [1.165, 1.54) is 38.1 Å². The number of hydrogen-bond donors (Lipinski definition) is 1. The lowest BCUT2D eigenvalue weighted by atomic mass is 10.1. The Morgan fingerprint density at radius 2 is 2.06 bits per heavy atom. The molecule has 0 saturated carbocycles. The third kappa shape index (κ3) is 3.05. The monoisotopic (exact) mass is 273 g/mol. The molecule has 1 rings (SSSR count). The van der Waals surface area contributed by atoms with Gasteiger partial charge in [0, 0.05) is 17.9 Å². The van der Waals surface area contributed by atoms with Gasteiger partial charge in [-0.05, 0) is 12.5 Å². The summed E-state index contributed by atoms with van der Waals surface area (Å²) >= 11 is 0. The third-order valence-electron chi connectivity index (χ3n) is 2.84. The summed E-state index contributed by atoms with van der Waals surface area (Å²) in [7, 11) is -3.40. The molecule has 18 heavy (non-hydrogen) atoms. The van der Waals surface area contributed by atoms with Crippen LogP contribution in [0.15, 0.2) is 24.3 Å². The zero-order valence-corrected chi connectivity index (χ0v) is 10.9. The van der Waals surface area contributed by atoms with E-state index in [1.54, 1.807) is 0 Å². The van der Waals surface area contributed by atoms with Gasteiger partial charge < -0.3 is 5.11 Å². The smallest absolute Gasteiger partial charge is 0.269 e. The molecule has 0 heterocycles. The van der Waals surface area contributed by atoms with E-state index in [-0.39, 0.29) is 17.0 Å². The van der Waals surface area contributed by atoms with Gasteiger partial charge in [0.1, 0.15) is 0 Å². The molecule has 0 aliphatic heterocycles. The largest absolute Gasteiger partial charge is 0.387 e. The predicted octanol–water partition coefficient (Wildman–Crippen LogP) is 1.45. The fraction of sp³-hybridized carbons (Fsp3) is 0.455. The SMILES string of the molecule is CCS(=O)(=O)[C@@H](C)[C@@H](O)c1cccc([N+](=O)[O-])c1. The van der Waals surface area contributed by atoms with Crippen molar-refractivity contribution in [2.75, 3.05) is 5.75 Å². The molecule has 0 aliphatic carbocycles. The average molecular weight is 273 g/mol. The normalized spacial score (nSPS) is 15.1. The predicted molar refractivity (Wildman–Crippen MR) is 67.0 cm³/mol. The van der Waals surface area contributed by atoms with Crippen molar-refractivity contribution in [1.29, 1.82) is 0 Å². The molecule has 7 heteroatoms. The number of nitrogens with zero attached hydrogens (tertiary/aromatic N) is 1. The maximum Gasteiger partial charge on any atom is 0.269 e. The number of non-ortho nitro benzene ring substituents is 1. The van der Waals surface area contributed by atoms with Crippen LogP contribution < -0.4 is 0 Å². The molecule has 1 aromatic rings. The summed E-state index contributed by atoms with van der Waals surface area (Å²) in [5, 5.41) is 19.6.